The molecule has 0 saturated carbocycles. The third-order valence-electron chi connectivity index (χ3n) is 3.44. The van der Waals surface area contributed by atoms with Crippen molar-refractivity contribution in [1.29, 1.82) is 0 Å². The molecule has 1 fully saturated rings. The fourth-order valence-corrected chi connectivity index (χ4v) is 2.54. The number of hydrogen-bond acceptors (Lipinski definition) is 2. The van der Waals surface area contributed by atoms with Crippen molar-refractivity contribution in [3.8, 4) is 0 Å². The van der Waals surface area contributed by atoms with Gasteiger partial charge in [-0.25, -0.2) is 0 Å². The Morgan fingerprint density at radius 1 is 1.20 bits per heavy atom. The Kier molecular flexibility index (Phi) is 2.47. The van der Waals surface area contributed by atoms with Gasteiger partial charge in [0.25, 0.3) is 0 Å². The summed E-state index contributed by atoms with van der Waals surface area (Å²) in [5, 5.41) is 3.69. The summed E-state index contributed by atoms with van der Waals surface area (Å²) in [6, 6.07) is 9.97. The maximum atomic E-state index is 5.20. The molecule has 1 atom stereocenters. The number of aryl methyl sites for hydroxylation is 1. The van der Waals surface area contributed by atoms with Gasteiger partial charge in [-0.05, 0) is 30.4 Å². The molecule has 0 spiro atoms. The van der Waals surface area contributed by atoms with Gasteiger partial charge in [0, 0.05) is 6.04 Å². The van der Waals surface area contributed by atoms with E-state index in [0.717, 1.165) is 13.2 Å². The Bertz CT molecular complexity index is 346. The molecule has 1 aromatic rings. The Hall–Kier alpha value is -0.860. The van der Waals surface area contributed by atoms with E-state index in [9.17, 15) is 0 Å². The second-order valence-electron chi connectivity index (χ2n) is 4.54. The zero-order valence-corrected chi connectivity index (χ0v) is 8.91. The van der Waals surface area contributed by atoms with Gasteiger partial charge in [-0.2, -0.15) is 0 Å². The molecule has 2 aliphatic rings. The maximum absolute atomic E-state index is 5.20. The quantitative estimate of drug-likeness (QED) is 0.794. The summed E-state index contributed by atoms with van der Waals surface area (Å²) in [7, 11) is 0. The number of rotatable bonds is 2. The number of benzene rings is 1. The molecule has 0 radical (unpaired) electrons. The first kappa shape index (κ1) is 9.37. The highest BCUT2D eigenvalue weighted by Crippen LogP contribution is 2.30. The van der Waals surface area contributed by atoms with Crippen LogP contribution in [-0.4, -0.2) is 19.3 Å². The lowest BCUT2D eigenvalue weighted by Crippen LogP contribution is -2.47. The zero-order valence-electron chi connectivity index (χ0n) is 8.91. The molecule has 2 nitrogen and oxygen atoms in total. The van der Waals surface area contributed by atoms with Gasteiger partial charge >= 0.3 is 0 Å². The molecule has 1 aliphatic carbocycles. The molecular formula is C13H17NO. The molecular weight excluding hydrogens is 186 g/mol. The average Bonchev–Trinajstić information content (AvgIpc) is 2.23. The molecule has 1 heterocycles. The second kappa shape index (κ2) is 3.95. The minimum atomic E-state index is 0.559. The van der Waals surface area contributed by atoms with E-state index >= 15 is 0 Å². The van der Waals surface area contributed by atoms with Gasteiger partial charge in [0.15, 0.2) is 0 Å². The Morgan fingerprint density at radius 2 is 2.07 bits per heavy atom. The van der Waals surface area contributed by atoms with Crippen molar-refractivity contribution < 1.29 is 4.74 Å². The van der Waals surface area contributed by atoms with Crippen LogP contribution in [0.15, 0.2) is 24.3 Å². The number of fused-ring (bicyclic) bond motifs is 1. The first-order chi connectivity index (χ1) is 7.43. The first-order valence-corrected chi connectivity index (χ1v) is 5.85. The summed E-state index contributed by atoms with van der Waals surface area (Å²) in [5.74, 6) is 0. The van der Waals surface area contributed by atoms with E-state index in [1.807, 2.05) is 0 Å². The van der Waals surface area contributed by atoms with Crippen LogP contribution in [0, 0.1) is 0 Å². The molecule has 1 unspecified atom stereocenters. The topological polar surface area (TPSA) is 21.3 Å². The van der Waals surface area contributed by atoms with E-state index in [2.05, 4.69) is 29.6 Å². The molecule has 3 rings (SSSR count). The van der Waals surface area contributed by atoms with Crippen molar-refractivity contribution in [2.75, 3.05) is 13.2 Å². The second-order valence-corrected chi connectivity index (χ2v) is 4.54. The molecule has 0 aromatic heterocycles. The number of ether oxygens (including phenoxy) is 1. The van der Waals surface area contributed by atoms with E-state index in [1.54, 1.807) is 0 Å². The average molecular weight is 203 g/mol. The van der Waals surface area contributed by atoms with Crippen LogP contribution in [-0.2, 0) is 11.2 Å². The zero-order chi connectivity index (χ0) is 10.1. The summed E-state index contributed by atoms with van der Waals surface area (Å²) in [5.41, 5.74) is 3.04. The molecule has 15 heavy (non-hydrogen) atoms. The minimum Gasteiger partial charge on any atom is -0.378 e. The lowest BCUT2D eigenvalue weighted by Gasteiger charge is -2.34. The molecule has 0 bridgehead atoms. The summed E-state index contributed by atoms with van der Waals surface area (Å²) >= 11 is 0. The van der Waals surface area contributed by atoms with Crippen molar-refractivity contribution in [3.05, 3.63) is 35.4 Å². The van der Waals surface area contributed by atoms with Gasteiger partial charge in [-0.1, -0.05) is 24.3 Å². The van der Waals surface area contributed by atoms with Crippen molar-refractivity contribution in [1.82, 2.24) is 5.32 Å². The number of nitrogens with one attached hydrogen (secondary N) is 1. The molecule has 1 saturated heterocycles. The standard InChI is InChI=1S/C13H17NO/c1-2-6-12-10(4-1)5-3-7-13(12)14-11-8-15-9-11/h1-2,4,6,11,13-14H,3,5,7-9H2. The molecule has 1 aromatic carbocycles. The fourth-order valence-electron chi connectivity index (χ4n) is 2.54. The Labute approximate surface area is 90.6 Å². The number of hydrogen-bond donors (Lipinski definition) is 1. The lowest BCUT2D eigenvalue weighted by atomic mass is 9.87. The van der Waals surface area contributed by atoms with Crippen LogP contribution in [0.3, 0.4) is 0 Å². The van der Waals surface area contributed by atoms with Crippen molar-refractivity contribution in [3.63, 3.8) is 0 Å². The smallest absolute Gasteiger partial charge is 0.0643 e. The van der Waals surface area contributed by atoms with Crippen LogP contribution in [0.25, 0.3) is 0 Å². The van der Waals surface area contributed by atoms with Gasteiger partial charge in [0.05, 0.1) is 19.3 Å². The molecule has 1 N–H and O–H groups in total. The van der Waals surface area contributed by atoms with Gasteiger partial charge in [0.1, 0.15) is 0 Å². The monoisotopic (exact) mass is 203 g/mol. The highest BCUT2D eigenvalue weighted by Gasteiger charge is 2.25. The lowest BCUT2D eigenvalue weighted by molar-refractivity contribution is -0.0110. The van der Waals surface area contributed by atoms with Crippen molar-refractivity contribution >= 4 is 0 Å². The highest BCUT2D eigenvalue weighted by atomic mass is 16.5. The van der Waals surface area contributed by atoms with E-state index in [4.69, 9.17) is 4.74 Å². The van der Waals surface area contributed by atoms with Gasteiger partial charge in [0.2, 0.25) is 0 Å². The van der Waals surface area contributed by atoms with Gasteiger partial charge in [-0.3, -0.25) is 0 Å². The highest BCUT2D eigenvalue weighted by molar-refractivity contribution is 5.32. The summed E-state index contributed by atoms with van der Waals surface area (Å²) in [4.78, 5) is 0. The van der Waals surface area contributed by atoms with Gasteiger partial charge < -0.3 is 10.1 Å². The van der Waals surface area contributed by atoms with Crippen LogP contribution in [0.1, 0.15) is 30.0 Å². The normalized spacial score (nSPS) is 25.7. The summed E-state index contributed by atoms with van der Waals surface area (Å²) < 4.78 is 5.20. The van der Waals surface area contributed by atoms with Crippen LogP contribution in [0.5, 0.6) is 0 Å². The maximum Gasteiger partial charge on any atom is 0.0643 e. The summed E-state index contributed by atoms with van der Waals surface area (Å²) in [6.07, 6.45) is 3.82. The molecule has 80 valence electrons. The predicted molar refractivity (Wildman–Crippen MR) is 59.9 cm³/mol. The third-order valence-corrected chi connectivity index (χ3v) is 3.44. The van der Waals surface area contributed by atoms with E-state index in [1.165, 1.54) is 30.4 Å². The predicted octanol–water partition coefficient (Wildman–Crippen LogP) is 2.05. The van der Waals surface area contributed by atoms with Crippen LogP contribution >= 0.6 is 0 Å². The SMILES string of the molecule is c1ccc2c(c1)CCCC2NC1COC1. The Morgan fingerprint density at radius 3 is 2.87 bits per heavy atom. The Balaban J connectivity index is 1.79. The van der Waals surface area contributed by atoms with Gasteiger partial charge in [-0.15, -0.1) is 0 Å². The van der Waals surface area contributed by atoms with E-state index in [0.29, 0.717) is 12.1 Å². The van der Waals surface area contributed by atoms with E-state index < -0.39 is 0 Å². The van der Waals surface area contributed by atoms with E-state index in [-0.39, 0.29) is 0 Å². The van der Waals surface area contributed by atoms with Crippen LogP contribution in [0.2, 0.25) is 0 Å². The largest absolute Gasteiger partial charge is 0.378 e. The van der Waals surface area contributed by atoms with Crippen molar-refractivity contribution in [2.24, 2.45) is 0 Å². The fraction of sp³-hybridized carbons (Fsp3) is 0.538. The molecule has 1 aliphatic heterocycles. The first-order valence-electron chi connectivity index (χ1n) is 5.85. The minimum absolute atomic E-state index is 0.559. The summed E-state index contributed by atoms with van der Waals surface area (Å²) in [6.45, 7) is 1.78. The van der Waals surface area contributed by atoms with Crippen LogP contribution in [0.4, 0.5) is 0 Å². The van der Waals surface area contributed by atoms with Crippen molar-refractivity contribution in [2.45, 2.75) is 31.3 Å². The molecule has 0 amide bonds. The third kappa shape index (κ3) is 1.80. The molecule has 2 heteroatoms. The van der Waals surface area contributed by atoms with Crippen LogP contribution < -0.4 is 5.32 Å².